The second-order valence-corrected chi connectivity index (χ2v) is 9.01. The number of halogens is 3. The first kappa shape index (κ1) is 23.5. The van der Waals surface area contributed by atoms with Crippen LogP contribution in [0.1, 0.15) is 0 Å². The maximum absolute atomic E-state index is 12.8. The summed E-state index contributed by atoms with van der Waals surface area (Å²) in [6.07, 6.45) is 0. The fourth-order valence-electron chi connectivity index (χ4n) is 2.90. The van der Waals surface area contributed by atoms with Gasteiger partial charge in [-0.2, -0.15) is 8.78 Å². The summed E-state index contributed by atoms with van der Waals surface area (Å²) in [6, 6.07) is 16.1. The van der Waals surface area contributed by atoms with E-state index in [0.29, 0.717) is 16.3 Å². The summed E-state index contributed by atoms with van der Waals surface area (Å²) in [7, 11) is -2.40. The van der Waals surface area contributed by atoms with E-state index in [9.17, 15) is 22.0 Å². The number of anilines is 1. The van der Waals surface area contributed by atoms with Gasteiger partial charge in [0.05, 0.1) is 12.0 Å². The van der Waals surface area contributed by atoms with Crippen LogP contribution >= 0.6 is 11.6 Å². The van der Waals surface area contributed by atoms with Crippen molar-refractivity contribution in [1.82, 2.24) is 0 Å². The molecule has 3 aromatic rings. The lowest BCUT2D eigenvalue weighted by Crippen LogP contribution is -2.23. The normalized spacial score (nSPS) is 11.3. The zero-order chi connectivity index (χ0) is 23.3. The Bertz CT molecular complexity index is 1200. The van der Waals surface area contributed by atoms with Crippen molar-refractivity contribution in [2.24, 2.45) is 0 Å². The van der Waals surface area contributed by atoms with E-state index in [4.69, 9.17) is 16.3 Å². The van der Waals surface area contributed by atoms with Crippen molar-refractivity contribution in [1.29, 1.82) is 0 Å². The zero-order valence-electron chi connectivity index (χ0n) is 16.7. The highest BCUT2D eigenvalue weighted by Crippen LogP contribution is 2.34. The number of carbonyl (C=O) groups is 1. The van der Waals surface area contributed by atoms with Crippen molar-refractivity contribution in [3.8, 4) is 22.6 Å². The van der Waals surface area contributed by atoms with Gasteiger partial charge < -0.3 is 14.8 Å². The average molecular weight is 482 g/mol. The van der Waals surface area contributed by atoms with Gasteiger partial charge in [-0.1, -0.05) is 23.7 Å². The molecule has 0 heterocycles. The molecule has 0 aliphatic carbocycles. The van der Waals surface area contributed by atoms with Gasteiger partial charge in [-0.3, -0.25) is 4.79 Å². The van der Waals surface area contributed by atoms with E-state index in [-0.39, 0.29) is 21.9 Å². The largest absolute Gasteiger partial charge is 0.497 e. The SMILES string of the molecule is COc1ccc(-c2cc(NC(=O)CS(=O)(=O)c3ccc(Cl)cc3)ccc2OC(F)F)cc1. The number of carbonyl (C=O) groups excluding carboxylic acids is 1. The first-order valence-electron chi connectivity index (χ1n) is 9.19. The van der Waals surface area contributed by atoms with Crippen molar-refractivity contribution in [3.63, 3.8) is 0 Å². The number of hydrogen-bond acceptors (Lipinski definition) is 5. The second kappa shape index (κ2) is 9.97. The number of ether oxygens (including phenoxy) is 2. The van der Waals surface area contributed by atoms with Crippen LogP contribution in [0.15, 0.2) is 71.6 Å². The Morgan fingerprint density at radius 1 is 1.03 bits per heavy atom. The molecular weight excluding hydrogens is 464 g/mol. The molecule has 0 spiro atoms. The summed E-state index contributed by atoms with van der Waals surface area (Å²) in [5.74, 6) is -1.12. The van der Waals surface area contributed by atoms with E-state index in [2.05, 4.69) is 10.1 Å². The van der Waals surface area contributed by atoms with Gasteiger partial charge in [0.2, 0.25) is 5.91 Å². The predicted octanol–water partition coefficient (Wildman–Crippen LogP) is 5.03. The minimum Gasteiger partial charge on any atom is -0.497 e. The fraction of sp³-hybridized carbons (Fsp3) is 0.136. The highest BCUT2D eigenvalue weighted by molar-refractivity contribution is 7.92. The van der Waals surface area contributed by atoms with E-state index in [1.807, 2.05) is 0 Å². The van der Waals surface area contributed by atoms with Crippen LogP contribution in [-0.4, -0.2) is 33.8 Å². The van der Waals surface area contributed by atoms with Crippen molar-refractivity contribution in [3.05, 3.63) is 71.8 Å². The molecule has 0 aromatic heterocycles. The molecule has 0 saturated carbocycles. The van der Waals surface area contributed by atoms with Crippen LogP contribution in [0.2, 0.25) is 5.02 Å². The standard InChI is InChI=1S/C22H18ClF2NO5S/c1-30-17-7-2-14(3-8-17)19-12-16(6-11-20(19)31-22(24)25)26-21(27)13-32(28,29)18-9-4-15(23)5-10-18/h2-12,22H,13H2,1H3,(H,26,27). The maximum atomic E-state index is 12.8. The third-order valence-corrected chi connectivity index (χ3v) is 6.26. The molecule has 3 rings (SSSR count). The minimum absolute atomic E-state index is 0.0448. The first-order valence-corrected chi connectivity index (χ1v) is 11.2. The number of methoxy groups -OCH3 is 1. The van der Waals surface area contributed by atoms with Gasteiger partial charge in [0, 0.05) is 16.3 Å². The Balaban J connectivity index is 1.84. The Labute approximate surface area is 188 Å². The van der Waals surface area contributed by atoms with Crippen molar-refractivity contribution in [2.75, 3.05) is 18.2 Å². The highest BCUT2D eigenvalue weighted by Gasteiger charge is 2.20. The molecule has 0 saturated heterocycles. The molecule has 0 bridgehead atoms. The van der Waals surface area contributed by atoms with Gasteiger partial charge in [0.1, 0.15) is 17.3 Å². The summed E-state index contributed by atoms with van der Waals surface area (Å²) in [4.78, 5) is 12.3. The lowest BCUT2D eigenvalue weighted by atomic mass is 10.0. The van der Waals surface area contributed by atoms with Gasteiger partial charge in [0.25, 0.3) is 0 Å². The Hall–Kier alpha value is -3.17. The molecule has 10 heteroatoms. The van der Waals surface area contributed by atoms with Crippen LogP contribution in [-0.2, 0) is 14.6 Å². The molecular formula is C22H18ClF2NO5S. The van der Waals surface area contributed by atoms with Gasteiger partial charge in [-0.05, 0) is 60.2 Å². The molecule has 32 heavy (non-hydrogen) atoms. The van der Waals surface area contributed by atoms with E-state index >= 15 is 0 Å². The van der Waals surface area contributed by atoms with Crippen molar-refractivity contribution < 1.29 is 31.5 Å². The third-order valence-electron chi connectivity index (χ3n) is 4.37. The van der Waals surface area contributed by atoms with E-state index < -0.39 is 28.1 Å². The Morgan fingerprint density at radius 3 is 2.28 bits per heavy atom. The van der Waals surface area contributed by atoms with Crippen LogP contribution in [0.5, 0.6) is 11.5 Å². The van der Waals surface area contributed by atoms with Crippen LogP contribution in [0, 0.1) is 0 Å². The minimum atomic E-state index is -3.90. The molecule has 0 unspecified atom stereocenters. The maximum Gasteiger partial charge on any atom is 0.387 e. The topological polar surface area (TPSA) is 81.7 Å². The number of amides is 1. The number of sulfone groups is 1. The Morgan fingerprint density at radius 2 is 1.69 bits per heavy atom. The van der Waals surface area contributed by atoms with Crippen LogP contribution in [0.4, 0.5) is 14.5 Å². The number of nitrogens with one attached hydrogen (secondary N) is 1. The zero-order valence-corrected chi connectivity index (χ0v) is 18.3. The van der Waals surface area contributed by atoms with Crippen LogP contribution in [0.25, 0.3) is 11.1 Å². The summed E-state index contributed by atoms with van der Waals surface area (Å²) < 4.78 is 60.2. The summed E-state index contributed by atoms with van der Waals surface area (Å²) in [5, 5.41) is 2.85. The van der Waals surface area contributed by atoms with Crippen LogP contribution in [0.3, 0.4) is 0 Å². The van der Waals surface area contributed by atoms with E-state index in [0.717, 1.165) is 0 Å². The van der Waals surface area contributed by atoms with Gasteiger partial charge in [-0.15, -0.1) is 0 Å². The lowest BCUT2D eigenvalue weighted by molar-refractivity contribution is -0.113. The smallest absolute Gasteiger partial charge is 0.387 e. The molecule has 6 nitrogen and oxygen atoms in total. The number of rotatable bonds is 8. The monoisotopic (exact) mass is 481 g/mol. The van der Waals surface area contributed by atoms with E-state index in [1.165, 1.54) is 49.6 Å². The molecule has 0 atom stereocenters. The van der Waals surface area contributed by atoms with E-state index in [1.54, 1.807) is 24.3 Å². The summed E-state index contributed by atoms with van der Waals surface area (Å²) in [5.41, 5.74) is 1.03. The number of alkyl halides is 2. The fourth-order valence-corrected chi connectivity index (χ4v) is 4.16. The highest BCUT2D eigenvalue weighted by atomic mass is 35.5. The number of hydrogen-bond donors (Lipinski definition) is 1. The average Bonchev–Trinajstić information content (AvgIpc) is 2.74. The van der Waals surface area contributed by atoms with Gasteiger partial charge in [0.15, 0.2) is 9.84 Å². The molecule has 0 radical (unpaired) electrons. The molecule has 168 valence electrons. The predicted molar refractivity (Wildman–Crippen MR) is 117 cm³/mol. The van der Waals surface area contributed by atoms with Gasteiger partial charge in [-0.25, -0.2) is 8.42 Å². The number of benzene rings is 3. The molecule has 1 N–H and O–H groups in total. The lowest BCUT2D eigenvalue weighted by Gasteiger charge is -2.14. The van der Waals surface area contributed by atoms with Crippen molar-refractivity contribution >= 4 is 33.0 Å². The third kappa shape index (κ3) is 5.95. The first-order chi connectivity index (χ1) is 15.2. The van der Waals surface area contributed by atoms with Crippen LogP contribution < -0.4 is 14.8 Å². The molecule has 1 amide bonds. The second-order valence-electron chi connectivity index (χ2n) is 6.58. The summed E-state index contributed by atoms with van der Waals surface area (Å²) >= 11 is 5.76. The Kier molecular flexibility index (Phi) is 7.32. The quantitative estimate of drug-likeness (QED) is 0.488. The molecule has 0 fully saturated rings. The molecule has 3 aromatic carbocycles. The molecule has 0 aliphatic rings. The molecule has 0 aliphatic heterocycles. The van der Waals surface area contributed by atoms with Gasteiger partial charge >= 0.3 is 6.61 Å². The van der Waals surface area contributed by atoms with Crippen molar-refractivity contribution in [2.45, 2.75) is 11.5 Å². The summed E-state index contributed by atoms with van der Waals surface area (Å²) in [6.45, 7) is -3.04.